The molecule has 2 amide bonds. The number of ether oxygens (including phenoxy) is 1. The molecule has 0 fully saturated rings. The van der Waals surface area contributed by atoms with Gasteiger partial charge in [0.25, 0.3) is 5.91 Å². The van der Waals surface area contributed by atoms with Gasteiger partial charge in [-0.2, -0.15) is 0 Å². The summed E-state index contributed by atoms with van der Waals surface area (Å²) in [6, 6.07) is 21.9. The minimum Gasteiger partial charge on any atom is -0.481 e. The molecule has 2 atom stereocenters. The zero-order valence-corrected chi connectivity index (χ0v) is 21.7. The van der Waals surface area contributed by atoms with Crippen molar-refractivity contribution in [1.29, 1.82) is 0 Å². The van der Waals surface area contributed by atoms with Crippen molar-refractivity contribution >= 4 is 11.8 Å². The molecule has 0 unspecified atom stereocenters. The van der Waals surface area contributed by atoms with Crippen LogP contribution in [0.25, 0.3) is 0 Å². The maximum atomic E-state index is 13.2. The van der Waals surface area contributed by atoms with Crippen LogP contribution in [0.2, 0.25) is 0 Å². The highest BCUT2D eigenvalue weighted by Gasteiger charge is 2.32. The van der Waals surface area contributed by atoms with Crippen LogP contribution in [0.4, 0.5) is 4.39 Å². The van der Waals surface area contributed by atoms with Crippen molar-refractivity contribution in [3.05, 3.63) is 101 Å². The number of carbonyl (C=O) groups excluding carboxylic acids is 2. The molecule has 1 heterocycles. The summed E-state index contributed by atoms with van der Waals surface area (Å²) in [5, 5.41) is 2.89. The summed E-state index contributed by atoms with van der Waals surface area (Å²) in [7, 11) is 0. The Bertz CT molecular complexity index is 1210. The van der Waals surface area contributed by atoms with Crippen LogP contribution < -0.4 is 10.1 Å². The Balaban J connectivity index is 1.55. The second kappa shape index (κ2) is 12.0. The van der Waals surface area contributed by atoms with Crippen LogP contribution in [-0.2, 0) is 22.6 Å². The van der Waals surface area contributed by atoms with Gasteiger partial charge in [-0.3, -0.25) is 9.59 Å². The Labute approximate surface area is 218 Å². The smallest absolute Gasteiger partial charge is 0.261 e. The van der Waals surface area contributed by atoms with Gasteiger partial charge in [0.1, 0.15) is 11.6 Å². The van der Waals surface area contributed by atoms with Crippen molar-refractivity contribution in [1.82, 2.24) is 10.2 Å². The number of fused-ring (bicyclic) bond motifs is 1. The largest absolute Gasteiger partial charge is 0.481 e. The van der Waals surface area contributed by atoms with Gasteiger partial charge >= 0.3 is 0 Å². The second-order valence-corrected chi connectivity index (χ2v) is 9.97. The van der Waals surface area contributed by atoms with E-state index in [1.807, 2.05) is 48.2 Å². The van der Waals surface area contributed by atoms with Crippen molar-refractivity contribution in [2.45, 2.75) is 58.7 Å². The zero-order valence-electron chi connectivity index (χ0n) is 21.7. The molecule has 0 bridgehead atoms. The van der Waals surface area contributed by atoms with E-state index in [9.17, 15) is 14.0 Å². The van der Waals surface area contributed by atoms with Crippen LogP contribution in [0.3, 0.4) is 0 Å². The van der Waals surface area contributed by atoms with Gasteiger partial charge in [-0.1, -0.05) is 69.3 Å². The van der Waals surface area contributed by atoms with E-state index >= 15 is 0 Å². The Hall–Kier alpha value is -3.67. The molecule has 0 saturated carbocycles. The highest BCUT2D eigenvalue weighted by molar-refractivity contribution is 5.81. The molecule has 1 aliphatic heterocycles. The average molecular weight is 503 g/mol. The summed E-state index contributed by atoms with van der Waals surface area (Å²) < 4.78 is 19.3. The number of nitrogens with zero attached hydrogens (tertiary/aromatic N) is 1. The van der Waals surface area contributed by atoms with Crippen LogP contribution in [0, 0.1) is 11.7 Å². The summed E-state index contributed by atoms with van der Waals surface area (Å²) in [6.07, 6.45) is 1.10. The highest BCUT2D eigenvalue weighted by Crippen LogP contribution is 2.38. The van der Waals surface area contributed by atoms with Gasteiger partial charge in [0.05, 0.1) is 6.04 Å². The van der Waals surface area contributed by atoms with E-state index in [0.29, 0.717) is 31.7 Å². The monoisotopic (exact) mass is 502 g/mol. The third-order valence-electron chi connectivity index (χ3n) is 6.69. The number of benzene rings is 3. The summed E-state index contributed by atoms with van der Waals surface area (Å²) in [4.78, 5) is 28.1. The lowest BCUT2D eigenvalue weighted by Crippen LogP contribution is -2.41. The molecule has 37 heavy (non-hydrogen) atoms. The molecule has 0 radical (unpaired) electrons. The SMILES string of the molecule is CC[C@@H](Oc1ccc2c(c1)[C@H](c1ccccc1)N(C(=O)CC(C)C)CC2)C(=O)NCc1ccc(F)cc1. The Kier molecular flexibility index (Phi) is 8.59. The first-order chi connectivity index (χ1) is 17.9. The van der Waals surface area contributed by atoms with E-state index in [2.05, 4.69) is 31.3 Å². The zero-order chi connectivity index (χ0) is 26.4. The first-order valence-corrected chi connectivity index (χ1v) is 13.0. The van der Waals surface area contributed by atoms with Crippen LogP contribution in [0.15, 0.2) is 72.8 Å². The van der Waals surface area contributed by atoms with E-state index in [-0.39, 0.29) is 29.6 Å². The van der Waals surface area contributed by atoms with Gasteiger partial charge < -0.3 is 15.0 Å². The third kappa shape index (κ3) is 6.56. The van der Waals surface area contributed by atoms with Crippen LogP contribution >= 0.6 is 0 Å². The lowest BCUT2D eigenvalue weighted by atomic mass is 9.87. The van der Waals surface area contributed by atoms with Gasteiger partial charge in [-0.25, -0.2) is 4.39 Å². The molecule has 5 nitrogen and oxygen atoms in total. The van der Waals surface area contributed by atoms with Gasteiger partial charge in [-0.15, -0.1) is 0 Å². The average Bonchev–Trinajstić information content (AvgIpc) is 2.90. The Morgan fingerprint density at radius 1 is 1.05 bits per heavy atom. The fourth-order valence-corrected chi connectivity index (χ4v) is 4.79. The second-order valence-electron chi connectivity index (χ2n) is 9.97. The van der Waals surface area contributed by atoms with E-state index in [1.165, 1.54) is 17.7 Å². The van der Waals surface area contributed by atoms with Gasteiger partial charge in [0.15, 0.2) is 6.10 Å². The fourth-order valence-electron chi connectivity index (χ4n) is 4.79. The molecule has 1 aliphatic rings. The topological polar surface area (TPSA) is 58.6 Å². The fraction of sp³-hybridized carbons (Fsp3) is 0.355. The van der Waals surface area contributed by atoms with E-state index in [4.69, 9.17) is 4.74 Å². The summed E-state index contributed by atoms with van der Waals surface area (Å²) in [5.74, 6) is 0.487. The Morgan fingerprint density at radius 3 is 2.46 bits per heavy atom. The van der Waals surface area contributed by atoms with Gasteiger partial charge in [0, 0.05) is 19.5 Å². The lowest BCUT2D eigenvalue weighted by Gasteiger charge is -2.38. The minimum absolute atomic E-state index is 0.146. The number of carbonyl (C=O) groups is 2. The maximum absolute atomic E-state index is 13.2. The molecule has 4 rings (SSSR count). The van der Waals surface area contributed by atoms with Crippen molar-refractivity contribution in [2.75, 3.05) is 6.54 Å². The quantitative estimate of drug-likeness (QED) is 0.401. The standard InChI is InChI=1S/C31H35FN2O3/c1-4-28(31(36)33-20-22-10-13-25(32)14-11-22)37-26-15-12-23-16-17-34(29(35)18-21(2)3)30(27(23)19-26)24-8-6-5-7-9-24/h5-15,19,21,28,30H,4,16-18,20H2,1-3H3,(H,33,36)/t28-,30+/m1/s1. The van der Waals surface area contributed by atoms with E-state index in [1.54, 1.807) is 12.1 Å². The number of hydrogen-bond acceptors (Lipinski definition) is 3. The van der Waals surface area contributed by atoms with Crippen LogP contribution in [-0.4, -0.2) is 29.4 Å². The van der Waals surface area contributed by atoms with Crippen molar-refractivity contribution < 1.29 is 18.7 Å². The van der Waals surface area contributed by atoms with Gasteiger partial charge in [-0.05, 0) is 65.3 Å². The summed E-state index contributed by atoms with van der Waals surface area (Å²) in [5.41, 5.74) is 4.09. The van der Waals surface area contributed by atoms with Crippen molar-refractivity contribution in [3.63, 3.8) is 0 Å². The van der Waals surface area contributed by atoms with Crippen LogP contribution in [0.1, 0.15) is 61.9 Å². The minimum atomic E-state index is -0.670. The lowest BCUT2D eigenvalue weighted by molar-refractivity contribution is -0.134. The number of rotatable bonds is 9. The molecule has 3 aromatic rings. The number of nitrogens with one attached hydrogen (secondary N) is 1. The first-order valence-electron chi connectivity index (χ1n) is 13.0. The Morgan fingerprint density at radius 2 is 1.78 bits per heavy atom. The predicted octanol–water partition coefficient (Wildman–Crippen LogP) is 5.82. The summed E-state index contributed by atoms with van der Waals surface area (Å²) >= 11 is 0. The van der Waals surface area contributed by atoms with Gasteiger partial charge in [0.2, 0.25) is 5.91 Å². The maximum Gasteiger partial charge on any atom is 0.261 e. The number of hydrogen-bond donors (Lipinski definition) is 1. The molecule has 0 aliphatic carbocycles. The van der Waals surface area contributed by atoms with Crippen molar-refractivity contribution in [2.24, 2.45) is 5.92 Å². The molecule has 1 N–H and O–H groups in total. The van der Waals surface area contributed by atoms with E-state index < -0.39 is 6.10 Å². The molecule has 194 valence electrons. The third-order valence-corrected chi connectivity index (χ3v) is 6.69. The predicted molar refractivity (Wildman–Crippen MR) is 143 cm³/mol. The molecule has 0 spiro atoms. The highest BCUT2D eigenvalue weighted by atomic mass is 19.1. The molecular weight excluding hydrogens is 467 g/mol. The van der Waals surface area contributed by atoms with Crippen LogP contribution in [0.5, 0.6) is 5.75 Å². The van der Waals surface area contributed by atoms with E-state index in [0.717, 1.165) is 23.1 Å². The molecule has 3 aromatic carbocycles. The number of amides is 2. The normalized spacial score (nSPS) is 15.7. The van der Waals surface area contributed by atoms with Crippen molar-refractivity contribution in [3.8, 4) is 5.75 Å². The first kappa shape index (κ1) is 26.4. The number of halogens is 1. The molecular formula is C31H35FN2O3. The molecule has 0 aromatic heterocycles. The summed E-state index contributed by atoms with van der Waals surface area (Å²) in [6.45, 7) is 6.99. The molecule has 6 heteroatoms. The molecule has 0 saturated heterocycles.